The maximum atomic E-state index is 12.7. The Labute approximate surface area is 177 Å². The Morgan fingerprint density at radius 3 is 2.77 bits per heavy atom. The van der Waals surface area contributed by atoms with Crippen molar-refractivity contribution >= 4 is 11.7 Å². The van der Waals surface area contributed by atoms with Crippen LogP contribution in [-0.4, -0.2) is 53.0 Å². The number of aromatic nitrogens is 2. The second-order valence-electron chi connectivity index (χ2n) is 8.08. The summed E-state index contributed by atoms with van der Waals surface area (Å²) < 4.78 is 0. The van der Waals surface area contributed by atoms with Crippen LogP contribution in [0.25, 0.3) is 0 Å². The lowest BCUT2D eigenvalue weighted by Gasteiger charge is -2.42. The van der Waals surface area contributed by atoms with Gasteiger partial charge in [0.2, 0.25) is 5.91 Å². The summed E-state index contributed by atoms with van der Waals surface area (Å²) in [6.45, 7) is 4.25. The van der Waals surface area contributed by atoms with E-state index in [1.165, 1.54) is 0 Å². The SMILES string of the molecule is N#Cc1cccc(N2CCC(N3CCCC(C(=O)NCc4ccccn4)C3)CC2)n1. The van der Waals surface area contributed by atoms with Gasteiger partial charge < -0.3 is 10.2 Å². The highest BCUT2D eigenvalue weighted by Gasteiger charge is 2.31. The first kappa shape index (κ1) is 20.3. The summed E-state index contributed by atoms with van der Waals surface area (Å²) >= 11 is 0. The zero-order valence-electron chi connectivity index (χ0n) is 17.2. The molecule has 2 fully saturated rings. The third-order valence-corrected chi connectivity index (χ3v) is 6.15. The van der Waals surface area contributed by atoms with Crippen molar-refractivity contribution in [2.45, 2.75) is 38.3 Å². The zero-order valence-corrected chi connectivity index (χ0v) is 17.2. The molecular weight excluding hydrogens is 376 g/mol. The molecule has 2 aromatic heterocycles. The second-order valence-corrected chi connectivity index (χ2v) is 8.08. The smallest absolute Gasteiger partial charge is 0.224 e. The van der Waals surface area contributed by atoms with Gasteiger partial charge >= 0.3 is 0 Å². The van der Waals surface area contributed by atoms with Crippen molar-refractivity contribution in [3.8, 4) is 6.07 Å². The molecule has 0 aromatic carbocycles. The van der Waals surface area contributed by atoms with Gasteiger partial charge in [-0.15, -0.1) is 0 Å². The molecule has 4 heterocycles. The van der Waals surface area contributed by atoms with Gasteiger partial charge in [-0.25, -0.2) is 4.98 Å². The fourth-order valence-corrected chi connectivity index (χ4v) is 4.50. The molecule has 4 rings (SSSR count). The number of pyridine rings is 2. The summed E-state index contributed by atoms with van der Waals surface area (Å²) in [6, 6.07) is 14.0. The number of nitriles is 1. The number of nitrogens with zero attached hydrogens (tertiary/aromatic N) is 5. The van der Waals surface area contributed by atoms with Gasteiger partial charge in [-0.2, -0.15) is 5.26 Å². The number of anilines is 1. The summed E-state index contributed by atoms with van der Waals surface area (Å²) in [4.78, 5) is 26.2. The van der Waals surface area contributed by atoms with Crippen molar-refractivity contribution in [1.82, 2.24) is 20.2 Å². The molecule has 1 amide bonds. The Balaban J connectivity index is 1.27. The number of hydrogen-bond acceptors (Lipinski definition) is 6. The molecule has 2 saturated heterocycles. The van der Waals surface area contributed by atoms with Gasteiger partial charge in [0.25, 0.3) is 0 Å². The van der Waals surface area contributed by atoms with Gasteiger partial charge in [0.1, 0.15) is 17.6 Å². The molecule has 0 spiro atoms. The monoisotopic (exact) mass is 404 g/mol. The summed E-state index contributed by atoms with van der Waals surface area (Å²) in [7, 11) is 0. The molecule has 2 aliphatic rings. The maximum absolute atomic E-state index is 12.7. The van der Waals surface area contributed by atoms with Gasteiger partial charge in [-0.1, -0.05) is 12.1 Å². The molecule has 7 nitrogen and oxygen atoms in total. The Morgan fingerprint density at radius 1 is 1.13 bits per heavy atom. The van der Waals surface area contributed by atoms with E-state index in [1.54, 1.807) is 12.3 Å². The molecule has 7 heteroatoms. The summed E-state index contributed by atoms with van der Waals surface area (Å²) in [5, 5.41) is 12.1. The number of amides is 1. The highest BCUT2D eigenvalue weighted by atomic mass is 16.1. The van der Waals surface area contributed by atoms with Crippen LogP contribution < -0.4 is 10.2 Å². The minimum Gasteiger partial charge on any atom is -0.356 e. The van der Waals surface area contributed by atoms with Crippen LogP contribution in [0.3, 0.4) is 0 Å². The van der Waals surface area contributed by atoms with Crippen LogP contribution in [0.15, 0.2) is 42.6 Å². The summed E-state index contributed by atoms with van der Waals surface area (Å²) in [5.41, 5.74) is 1.35. The molecular formula is C23H28N6O. The number of piperidine rings is 2. The highest BCUT2D eigenvalue weighted by molar-refractivity contribution is 5.78. The molecule has 0 radical (unpaired) electrons. The van der Waals surface area contributed by atoms with E-state index in [-0.39, 0.29) is 11.8 Å². The first-order valence-electron chi connectivity index (χ1n) is 10.8. The number of carbonyl (C=O) groups is 1. The molecule has 2 aliphatic heterocycles. The Bertz CT molecular complexity index is 888. The second kappa shape index (κ2) is 9.68. The number of likely N-dealkylation sites (tertiary alicyclic amines) is 1. The standard InChI is InChI=1S/C23H28N6O/c24-15-19-7-3-8-22(27-19)28-13-9-21(10-14-28)29-12-4-5-18(17-29)23(30)26-16-20-6-1-2-11-25-20/h1-3,6-8,11,18,21H,4-5,9-10,12-14,16-17H2,(H,26,30). The number of hydrogen-bond donors (Lipinski definition) is 1. The van der Waals surface area contributed by atoms with Gasteiger partial charge in [0.15, 0.2) is 0 Å². The Morgan fingerprint density at radius 2 is 2.00 bits per heavy atom. The number of carbonyl (C=O) groups excluding carboxylic acids is 1. The van der Waals surface area contributed by atoms with Crippen LogP contribution in [0.4, 0.5) is 5.82 Å². The van der Waals surface area contributed by atoms with Crippen LogP contribution in [-0.2, 0) is 11.3 Å². The fraction of sp³-hybridized carbons (Fsp3) is 0.478. The molecule has 2 aromatic rings. The highest BCUT2D eigenvalue weighted by Crippen LogP contribution is 2.26. The van der Waals surface area contributed by atoms with Crippen molar-refractivity contribution in [3.05, 3.63) is 54.0 Å². The lowest BCUT2D eigenvalue weighted by Crippen LogP contribution is -2.51. The Kier molecular flexibility index (Phi) is 6.55. The number of nitrogens with one attached hydrogen (secondary N) is 1. The molecule has 1 atom stereocenters. The molecule has 30 heavy (non-hydrogen) atoms. The van der Waals surface area contributed by atoms with E-state index in [2.05, 4.69) is 31.2 Å². The topological polar surface area (TPSA) is 85.2 Å². The predicted molar refractivity (Wildman–Crippen MR) is 115 cm³/mol. The largest absolute Gasteiger partial charge is 0.356 e. The van der Waals surface area contributed by atoms with Gasteiger partial charge in [0, 0.05) is 31.9 Å². The summed E-state index contributed by atoms with van der Waals surface area (Å²) in [6.07, 6.45) is 5.88. The van der Waals surface area contributed by atoms with E-state index in [1.807, 2.05) is 30.3 Å². The molecule has 0 saturated carbocycles. The predicted octanol–water partition coefficient (Wildman–Crippen LogP) is 2.35. The van der Waals surface area contributed by atoms with Gasteiger partial charge in [0.05, 0.1) is 18.2 Å². The molecule has 0 aliphatic carbocycles. The molecule has 0 bridgehead atoms. The zero-order chi connectivity index (χ0) is 20.8. The van der Waals surface area contributed by atoms with E-state index < -0.39 is 0 Å². The van der Waals surface area contributed by atoms with Crippen LogP contribution >= 0.6 is 0 Å². The van der Waals surface area contributed by atoms with Crippen LogP contribution in [0.2, 0.25) is 0 Å². The lowest BCUT2D eigenvalue weighted by molar-refractivity contribution is -0.127. The number of rotatable bonds is 5. The maximum Gasteiger partial charge on any atom is 0.224 e. The first-order chi connectivity index (χ1) is 14.7. The van der Waals surface area contributed by atoms with Crippen molar-refractivity contribution < 1.29 is 4.79 Å². The normalized spacial score (nSPS) is 20.5. The van der Waals surface area contributed by atoms with E-state index in [0.717, 1.165) is 63.4 Å². The van der Waals surface area contributed by atoms with Crippen molar-refractivity contribution in [1.29, 1.82) is 5.26 Å². The van der Waals surface area contributed by atoms with Crippen LogP contribution in [0.1, 0.15) is 37.1 Å². The quantitative estimate of drug-likeness (QED) is 0.823. The summed E-state index contributed by atoms with van der Waals surface area (Å²) in [5.74, 6) is 1.08. The van der Waals surface area contributed by atoms with Crippen molar-refractivity contribution in [3.63, 3.8) is 0 Å². The van der Waals surface area contributed by atoms with Crippen LogP contribution in [0.5, 0.6) is 0 Å². The van der Waals surface area contributed by atoms with E-state index in [9.17, 15) is 4.79 Å². The average Bonchev–Trinajstić information content (AvgIpc) is 2.83. The molecule has 1 N–H and O–H groups in total. The molecule has 1 unspecified atom stereocenters. The minimum atomic E-state index is 0.0504. The van der Waals surface area contributed by atoms with E-state index >= 15 is 0 Å². The van der Waals surface area contributed by atoms with Crippen molar-refractivity contribution in [2.24, 2.45) is 5.92 Å². The Hall–Kier alpha value is -2.98. The minimum absolute atomic E-state index is 0.0504. The van der Waals surface area contributed by atoms with E-state index in [4.69, 9.17) is 5.26 Å². The first-order valence-corrected chi connectivity index (χ1v) is 10.8. The lowest BCUT2D eigenvalue weighted by atomic mass is 9.93. The molecule has 156 valence electrons. The van der Waals surface area contributed by atoms with Gasteiger partial charge in [-0.05, 0) is 56.5 Å². The van der Waals surface area contributed by atoms with Crippen molar-refractivity contribution in [2.75, 3.05) is 31.1 Å². The fourth-order valence-electron chi connectivity index (χ4n) is 4.50. The van der Waals surface area contributed by atoms with Crippen LogP contribution in [0, 0.1) is 17.2 Å². The van der Waals surface area contributed by atoms with E-state index in [0.29, 0.717) is 18.3 Å². The third kappa shape index (κ3) is 4.95. The average molecular weight is 405 g/mol. The third-order valence-electron chi connectivity index (χ3n) is 6.15. The van der Waals surface area contributed by atoms with Gasteiger partial charge in [-0.3, -0.25) is 14.7 Å².